The van der Waals surface area contributed by atoms with Crippen LogP contribution in [0, 0.1) is 5.82 Å². The van der Waals surface area contributed by atoms with E-state index in [1.807, 2.05) is 6.92 Å². The first-order valence-corrected chi connectivity index (χ1v) is 5.55. The third kappa shape index (κ3) is 2.25. The van der Waals surface area contributed by atoms with Gasteiger partial charge < -0.3 is 4.98 Å². The number of benzene rings is 1. The second kappa shape index (κ2) is 4.91. The Labute approximate surface area is 98.3 Å². The fourth-order valence-electron chi connectivity index (χ4n) is 1.80. The third-order valence-electron chi connectivity index (χ3n) is 2.58. The summed E-state index contributed by atoms with van der Waals surface area (Å²) >= 11 is 0. The molecule has 0 aliphatic heterocycles. The van der Waals surface area contributed by atoms with Crippen LogP contribution in [0.2, 0.25) is 0 Å². The molecule has 0 aliphatic carbocycles. The van der Waals surface area contributed by atoms with Crippen LogP contribution in [0.5, 0.6) is 0 Å². The van der Waals surface area contributed by atoms with Gasteiger partial charge in [0.2, 0.25) is 0 Å². The maximum Gasteiger partial charge on any atom is 0.254 e. The summed E-state index contributed by atoms with van der Waals surface area (Å²) in [5, 5.41) is 0. The zero-order valence-electron chi connectivity index (χ0n) is 9.53. The van der Waals surface area contributed by atoms with E-state index < -0.39 is 0 Å². The number of halogens is 1. The summed E-state index contributed by atoms with van der Waals surface area (Å²) in [4.78, 5) is 18.3. The molecule has 3 nitrogen and oxygen atoms in total. The lowest BCUT2D eigenvalue weighted by Crippen LogP contribution is -2.15. The van der Waals surface area contributed by atoms with Crippen molar-refractivity contribution in [3.05, 3.63) is 52.3 Å². The molecule has 0 atom stereocenters. The smallest absolute Gasteiger partial charge is 0.254 e. The Morgan fingerprint density at radius 1 is 1.35 bits per heavy atom. The highest BCUT2D eigenvalue weighted by atomic mass is 19.1. The lowest BCUT2D eigenvalue weighted by molar-refractivity contribution is 0.630. The molecular formula is C13H13FN2O. The Bertz CT molecular complexity index is 578. The first kappa shape index (κ1) is 11.5. The van der Waals surface area contributed by atoms with Crippen molar-refractivity contribution < 1.29 is 4.39 Å². The van der Waals surface area contributed by atoms with Crippen LogP contribution in [0.15, 0.2) is 35.4 Å². The van der Waals surface area contributed by atoms with Gasteiger partial charge in [0.1, 0.15) is 5.82 Å². The molecule has 1 aromatic carbocycles. The first-order chi connectivity index (χ1) is 8.24. The number of rotatable bonds is 3. The summed E-state index contributed by atoms with van der Waals surface area (Å²) in [5.41, 5.74) is 1.16. The molecule has 1 heterocycles. The van der Waals surface area contributed by atoms with Crippen molar-refractivity contribution in [3.63, 3.8) is 0 Å². The van der Waals surface area contributed by atoms with Gasteiger partial charge in [0.05, 0.1) is 12.0 Å². The van der Waals surface area contributed by atoms with Crippen LogP contribution in [-0.2, 0) is 6.42 Å². The van der Waals surface area contributed by atoms with Gasteiger partial charge in [-0.05, 0) is 18.6 Å². The standard InChI is InChI=1S/C13H13FN2O/c1-2-5-10-12(15-8-16-13(10)17)9-6-3-4-7-11(9)14/h3-4,6-8H,2,5H2,1H3,(H,15,16,17). The van der Waals surface area contributed by atoms with Crippen molar-refractivity contribution in [2.24, 2.45) is 0 Å². The van der Waals surface area contributed by atoms with Crippen molar-refractivity contribution in [1.82, 2.24) is 9.97 Å². The predicted molar refractivity (Wildman–Crippen MR) is 64.2 cm³/mol. The fraction of sp³-hybridized carbons (Fsp3) is 0.231. The lowest BCUT2D eigenvalue weighted by atomic mass is 10.0. The molecule has 1 aromatic heterocycles. The second-order valence-electron chi connectivity index (χ2n) is 3.79. The number of nitrogens with zero attached hydrogens (tertiary/aromatic N) is 1. The summed E-state index contributed by atoms with van der Waals surface area (Å²) in [5.74, 6) is -0.358. The number of H-pyrrole nitrogens is 1. The third-order valence-corrected chi connectivity index (χ3v) is 2.58. The Hall–Kier alpha value is -1.97. The molecule has 0 radical (unpaired) electrons. The van der Waals surface area contributed by atoms with E-state index in [9.17, 15) is 9.18 Å². The van der Waals surface area contributed by atoms with Crippen LogP contribution >= 0.6 is 0 Å². The molecule has 2 rings (SSSR count). The van der Waals surface area contributed by atoms with Crippen LogP contribution < -0.4 is 5.56 Å². The van der Waals surface area contributed by atoms with E-state index in [0.717, 1.165) is 6.42 Å². The molecule has 0 spiro atoms. The molecule has 0 unspecified atom stereocenters. The minimum atomic E-state index is -0.358. The number of nitrogens with one attached hydrogen (secondary N) is 1. The number of hydrogen-bond donors (Lipinski definition) is 1. The van der Waals surface area contributed by atoms with Crippen molar-refractivity contribution in [3.8, 4) is 11.3 Å². The van der Waals surface area contributed by atoms with Gasteiger partial charge in [0.15, 0.2) is 0 Å². The van der Waals surface area contributed by atoms with Crippen molar-refractivity contribution >= 4 is 0 Å². The molecule has 0 fully saturated rings. The molecule has 17 heavy (non-hydrogen) atoms. The van der Waals surface area contributed by atoms with Gasteiger partial charge in [-0.3, -0.25) is 4.79 Å². The highest BCUT2D eigenvalue weighted by molar-refractivity contribution is 5.63. The molecule has 0 amide bonds. The SMILES string of the molecule is CCCc1c(-c2ccccc2F)nc[nH]c1=O. The van der Waals surface area contributed by atoms with E-state index in [1.165, 1.54) is 12.4 Å². The van der Waals surface area contributed by atoms with E-state index in [4.69, 9.17) is 0 Å². The van der Waals surface area contributed by atoms with Gasteiger partial charge in [-0.15, -0.1) is 0 Å². The highest BCUT2D eigenvalue weighted by Crippen LogP contribution is 2.22. The highest BCUT2D eigenvalue weighted by Gasteiger charge is 2.12. The Balaban J connectivity index is 2.63. The topological polar surface area (TPSA) is 45.8 Å². The van der Waals surface area contributed by atoms with Crippen LogP contribution in [0.1, 0.15) is 18.9 Å². The molecule has 0 bridgehead atoms. The van der Waals surface area contributed by atoms with Crippen molar-refractivity contribution in [2.45, 2.75) is 19.8 Å². The Kier molecular flexibility index (Phi) is 3.32. The van der Waals surface area contributed by atoms with Crippen molar-refractivity contribution in [2.75, 3.05) is 0 Å². The molecule has 1 N–H and O–H groups in total. The molecule has 0 saturated heterocycles. The van der Waals surface area contributed by atoms with E-state index in [-0.39, 0.29) is 11.4 Å². The minimum Gasteiger partial charge on any atom is -0.313 e. The van der Waals surface area contributed by atoms with E-state index in [1.54, 1.807) is 18.2 Å². The lowest BCUT2D eigenvalue weighted by Gasteiger charge is -2.07. The maximum absolute atomic E-state index is 13.7. The normalized spacial score (nSPS) is 10.5. The summed E-state index contributed by atoms with van der Waals surface area (Å²) in [7, 11) is 0. The summed E-state index contributed by atoms with van der Waals surface area (Å²) < 4.78 is 13.7. The summed E-state index contributed by atoms with van der Waals surface area (Å²) in [6, 6.07) is 6.35. The fourth-order valence-corrected chi connectivity index (χ4v) is 1.80. The van der Waals surface area contributed by atoms with Crippen LogP contribution in [-0.4, -0.2) is 9.97 Å². The molecular weight excluding hydrogens is 219 g/mol. The Morgan fingerprint density at radius 2 is 2.12 bits per heavy atom. The maximum atomic E-state index is 13.7. The van der Waals surface area contributed by atoms with Gasteiger partial charge in [0.25, 0.3) is 5.56 Å². The molecule has 88 valence electrons. The van der Waals surface area contributed by atoms with Crippen LogP contribution in [0.25, 0.3) is 11.3 Å². The zero-order valence-corrected chi connectivity index (χ0v) is 9.53. The first-order valence-electron chi connectivity index (χ1n) is 5.55. The summed E-state index contributed by atoms with van der Waals surface area (Å²) in [6.45, 7) is 1.97. The number of aromatic nitrogens is 2. The second-order valence-corrected chi connectivity index (χ2v) is 3.79. The largest absolute Gasteiger partial charge is 0.313 e. The predicted octanol–water partition coefficient (Wildman–Crippen LogP) is 2.53. The van der Waals surface area contributed by atoms with Gasteiger partial charge in [0, 0.05) is 11.1 Å². The molecule has 2 aromatic rings. The van der Waals surface area contributed by atoms with Crippen molar-refractivity contribution in [1.29, 1.82) is 0 Å². The Morgan fingerprint density at radius 3 is 2.82 bits per heavy atom. The van der Waals surface area contributed by atoms with Gasteiger partial charge in [-0.2, -0.15) is 0 Å². The molecule has 4 heteroatoms. The van der Waals surface area contributed by atoms with Gasteiger partial charge in [-0.25, -0.2) is 9.37 Å². The van der Waals surface area contributed by atoms with Gasteiger partial charge >= 0.3 is 0 Å². The minimum absolute atomic E-state index is 0.194. The quantitative estimate of drug-likeness (QED) is 0.883. The average Bonchev–Trinajstić information content (AvgIpc) is 2.33. The van der Waals surface area contributed by atoms with Gasteiger partial charge in [-0.1, -0.05) is 25.5 Å². The molecule has 0 aliphatic rings. The van der Waals surface area contributed by atoms with E-state index in [0.29, 0.717) is 23.2 Å². The number of hydrogen-bond acceptors (Lipinski definition) is 2. The van der Waals surface area contributed by atoms with E-state index >= 15 is 0 Å². The van der Waals surface area contributed by atoms with Crippen LogP contribution in [0.4, 0.5) is 4.39 Å². The summed E-state index contributed by atoms with van der Waals surface area (Å²) in [6.07, 6.45) is 2.71. The zero-order chi connectivity index (χ0) is 12.3. The van der Waals surface area contributed by atoms with Crippen LogP contribution in [0.3, 0.4) is 0 Å². The van der Waals surface area contributed by atoms with E-state index in [2.05, 4.69) is 9.97 Å². The average molecular weight is 232 g/mol. The number of aromatic amines is 1. The molecule has 0 saturated carbocycles. The monoisotopic (exact) mass is 232 g/mol.